The summed E-state index contributed by atoms with van der Waals surface area (Å²) in [6, 6.07) is 3.53. The van der Waals surface area contributed by atoms with Gasteiger partial charge in [-0.15, -0.1) is 0 Å². The van der Waals surface area contributed by atoms with Crippen molar-refractivity contribution in [1.82, 2.24) is 15.5 Å². The van der Waals surface area contributed by atoms with Gasteiger partial charge in [-0.25, -0.2) is 4.79 Å². The first-order chi connectivity index (χ1) is 16.3. The average Bonchev–Trinajstić information content (AvgIpc) is 3.41. The van der Waals surface area contributed by atoms with E-state index in [2.05, 4.69) is 20.8 Å². The van der Waals surface area contributed by atoms with Gasteiger partial charge in [-0.3, -0.25) is 14.7 Å². The molecule has 34 heavy (non-hydrogen) atoms. The minimum absolute atomic E-state index is 0.0305. The summed E-state index contributed by atoms with van der Waals surface area (Å²) in [4.78, 5) is 36.4. The molecule has 3 N–H and O–H groups in total. The third-order valence-electron chi connectivity index (χ3n) is 6.41. The molecule has 1 aromatic carbocycles. The van der Waals surface area contributed by atoms with E-state index < -0.39 is 6.09 Å². The molecule has 2 aliphatic rings. The van der Waals surface area contributed by atoms with Crippen molar-refractivity contribution in [3.63, 3.8) is 0 Å². The molecule has 182 valence electrons. The highest BCUT2D eigenvalue weighted by Gasteiger charge is 2.36. The van der Waals surface area contributed by atoms with Crippen LogP contribution in [0.1, 0.15) is 59.8 Å². The highest BCUT2D eigenvalue weighted by molar-refractivity contribution is 5.94. The third-order valence-corrected chi connectivity index (χ3v) is 6.41. The standard InChI is InChI=1S/C24H30N4O6/c1-12(2)25-24(31)34-15-5-13(6-15)19-9-22(28-27-19)26-23(30)14-7-16-17(8-14)20(32-3)10-21(33-4)18(16)11-29/h9-15H,5-8H2,1-4H3,(H,25,31)(H2,26,27,28,30)/t13?,14-,15?/m0/s1. The Morgan fingerprint density at radius 1 is 1.12 bits per heavy atom. The first-order valence-electron chi connectivity index (χ1n) is 11.4. The minimum Gasteiger partial charge on any atom is -0.496 e. The van der Waals surface area contributed by atoms with Crippen LogP contribution in [0.25, 0.3) is 0 Å². The van der Waals surface area contributed by atoms with Crippen molar-refractivity contribution in [2.24, 2.45) is 5.92 Å². The topological polar surface area (TPSA) is 132 Å². The maximum Gasteiger partial charge on any atom is 0.407 e. The fraction of sp³-hybridized carbons (Fsp3) is 0.500. The number of hydrogen-bond acceptors (Lipinski definition) is 7. The first kappa shape index (κ1) is 23.6. The Hall–Kier alpha value is -3.56. The lowest BCUT2D eigenvalue weighted by atomic mass is 9.80. The number of aldehydes is 1. The van der Waals surface area contributed by atoms with Crippen LogP contribution in [0.2, 0.25) is 0 Å². The fourth-order valence-corrected chi connectivity index (χ4v) is 4.61. The van der Waals surface area contributed by atoms with Crippen LogP contribution >= 0.6 is 0 Å². The van der Waals surface area contributed by atoms with Gasteiger partial charge in [0, 0.05) is 35.7 Å². The number of aromatic nitrogens is 2. The van der Waals surface area contributed by atoms with E-state index in [0.717, 1.165) is 23.1 Å². The molecule has 2 amide bonds. The molecule has 0 aliphatic heterocycles. The molecule has 10 nitrogen and oxygen atoms in total. The van der Waals surface area contributed by atoms with E-state index in [4.69, 9.17) is 14.2 Å². The molecule has 0 radical (unpaired) electrons. The molecule has 2 aromatic rings. The number of fused-ring (bicyclic) bond motifs is 1. The molecular formula is C24H30N4O6. The molecule has 10 heteroatoms. The number of methoxy groups -OCH3 is 2. The Kier molecular flexibility index (Phi) is 6.76. The Morgan fingerprint density at radius 2 is 1.82 bits per heavy atom. The van der Waals surface area contributed by atoms with E-state index in [1.807, 2.05) is 19.9 Å². The van der Waals surface area contributed by atoms with Crippen molar-refractivity contribution >= 4 is 24.1 Å². The largest absolute Gasteiger partial charge is 0.496 e. The van der Waals surface area contributed by atoms with Gasteiger partial charge < -0.3 is 24.8 Å². The van der Waals surface area contributed by atoms with Gasteiger partial charge in [0.1, 0.15) is 17.6 Å². The molecule has 0 bridgehead atoms. The molecule has 1 aromatic heterocycles. The van der Waals surface area contributed by atoms with Crippen LogP contribution in [0.4, 0.5) is 10.6 Å². The van der Waals surface area contributed by atoms with E-state index in [1.165, 1.54) is 7.11 Å². The minimum atomic E-state index is -0.402. The maximum absolute atomic E-state index is 13.0. The van der Waals surface area contributed by atoms with E-state index in [0.29, 0.717) is 48.6 Å². The Bertz CT molecular complexity index is 1090. The molecule has 4 rings (SSSR count). The van der Waals surface area contributed by atoms with Crippen molar-refractivity contribution < 1.29 is 28.6 Å². The second-order valence-electron chi connectivity index (χ2n) is 9.07. The lowest BCUT2D eigenvalue weighted by Crippen LogP contribution is -2.38. The van der Waals surface area contributed by atoms with Crippen LogP contribution < -0.4 is 20.1 Å². The molecule has 1 atom stereocenters. The number of carbonyl (C=O) groups is 3. The van der Waals surface area contributed by atoms with E-state index in [1.54, 1.807) is 13.2 Å². The van der Waals surface area contributed by atoms with E-state index in [9.17, 15) is 14.4 Å². The predicted octanol–water partition coefficient (Wildman–Crippen LogP) is 2.97. The fourth-order valence-electron chi connectivity index (χ4n) is 4.61. The Labute approximate surface area is 197 Å². The highest BCUT2D eigenvalue weighted by atomic mass is 16.6. The zero-order chi connectivity index (χ0) is 24.4. The second-order valence-corrected chi connectivity index (χ2v) is 9.07. The van der Waals surface area contributed by atoms with Gasteiger partial charge in [-0.2, -0.15) is 5.10 Å². The molecule has 1 heterocycles. The molecule has 0 spiro atoms. The van der Waals surface area contributed by atoms with Gasteiger partial charge in [0.15, 0.2) is 12.1 Å². The number of carbonyl (C=O) groups excluding carboxylic acids is 3. The van der Waals surface area contributed by atoms with Crippen LogP contribution in [0.3, 0.4) is 0 Å². The lowest BCUT2D eigenvalue weighted by molar-refractivity contribution is -0.119. The Balaban J connectivity index is 1.35. The zero-order valence-electron chi connectivity index (χ0n) is 19.8. The summed E-state index contributed by atoms with van der Waals surface area (Å²) in [6.45, 7) is 3.76. The predicted molar refractivity (Wildman–Crippen MR) is 124 cm³/mol. The van der Waals surface area contributed by atoms with Gasteiger partial charge in [0.25, 0.3) is 0 Å². The van der Waals surface area contributed by atoms with Gasteiger partial charge in [0.05, 0.1) is 19.8 Å². The summed E-state index contributed by atoms with van der Waals surface area (Å²) >= 11 is 0. The van der Waals surface area contributed by atoms with Gasteiger partial charge in [-0.05, 0) is 50.7 Å². The number of ether oxygens (including phenoxy) is 3. The molecule has 1 fully saturated rings. The van der Waals surface area contributed by atoms with E-state index in [-0.39, 0.29) is 29.9 Å². The normalized spacial score (nSPS) is 20.8. The number of aromatic amines is 1. The number of anilines is 1. The number of rotatable bonds is 8. The third kappa shape index (κ3) is 4.71. The van der Waals surface area contributed by atoms with Crippen LogP contribution in [-0.4, -0.2) is 54.8 Å². The molecule has 1 saturated carbocycles. The highest BCUT2D eigenvalue weighted by Crippen LogP contribution is 2.41. The summed E-state index contributed by atoms with van der Waals surface area (Å²) in [5.74, 6) is 1.16. The summed E-state index contributed by atoms with van der Waals surface area (Å²) in [6.07, 6.45) is 2.53. The number of nitrogens with one attached hydrogen (secondary N) is 3. The number of alkyl carbamates (subject to hydrolysis) is 1. The van der Waals surface area contributed by atoms with Crippen molar-refractivity contribution in [3.05, 3.63) is 34.5 Å². The number of nitrogens with zero attached hydrogens (tertiary/aromatic N) is 1. The number of amides is 2. The summed E-state index contributed by atoms with van der Waals surface area (Å²) in [5.41, 5.74) is 3.00. The average molecular weight is 471 g/mol. The molecule has 0 unspecified atom stereocenters. The molecule has 0 saturated heterocycles. The maximum atomic E-state index is 13.0. The van der Waals surface area contributed by atoms with Crippen molar-refractivity contribution in [1.29, 1.82) is 0 Å². The van der Waals surface area contributed by atoms with Crippen LogP contribution in [0.15, 0.2) is 12.1 Å². The SMILES string of the molecule is COc1cc(OC)c2c(c1C=O)C[C@H](C(=O)Nc1cc(C3CC(OC(=O)NC(C)C)C3)[nH]n1)C2. The number of benzene rings is 1. The van der Waals surface area contributed by atoms with E-state index >= 15 is 0 Å². The lowest BCUT2D eigenvalue weighted by Gasteiger charge is -2.33. The second kappa shape index (κ2) is 9.74. The summed E-state index contributed by atoms with van der Waals surface area (Å²) in [5, 5.41) is 12.8. The molecule has 2 aliphatic carbocycles. The zero-order valence-corrected chi connectivity index (χ0v) is 19.8. The first-order valence-corrected chi connectivity index (χ1v) is 11.4. The van der Waals surface area contributed by atoms with Crippen molar-refractivity contribution in [2.45, 2.75) is 57.6 Å². The smallest absolute Gasteiger partial charge is 0.407 e. The summed E-state index contributed by atoms with van der Waals surface area (Å²) < 4.78 is 16.2. The van der Waals surface area contributed by atoms with Crippen molar-refractivity contribution in [2.75, 3.05) is 19.5 Å². The number of H-pyrrole nitrogens is 1. The van der Waals surface area contributed by atoms with Crippen LogP contribution in [0, 0.1) is 5.92 Å². The van der Waals surface area contributed by atoms with Crippen LogP contribution in [0.5, 0.6) is 11.5 Å². The number of hydrogen-bond donors (Lipinski definition) is 3. The van der Waals surface area contributed by atoms with Crippen LogP contribution in [-0.2, 0) is 22.4 Å². The Morgan fingerprint density at radius 3 is 2.47 bits per heavy atom. The summed E-state index contributed by atoms with van der Waals surface area (Å²) in [7, 11) is 3.06. The van der Waals surface area contributed by atoms with Crippen molar-refractivity contribution in [3.8, 4) is 11.5 Å². The molecular weight excluding hydrogens is 440 g/mol. The van der Waals surface area contributed by atoms with Gasteiger partial charge in [0.2, 0.25) is 5.91 Å². The monoisotopic (exact) mass is 470 g/mol. The van der Waals surface area contributed by atoms with Gasteiger partial charge >= 0.3 is 6.09 Å². The quantitative estimate of drug-likeness (QED) is 0.505. The van der Waals surface area contributed by atoms with Gasteiger partial charge in [-0.1, -0.05) is 0 Å².